The van der Waals surface area contributed by atoms with E-state index in [1.165, 1.54) is 19.0 Å². The van der Waals surface area contributed by atoms with E-state index in [1.807, 2.05) is 12.1 Å². The minimum atomic E-state index is -0.0934. The lowest BCUT2D eigenvalue weighted by atomic mass is 10.3. The molecule has 2 N–H and O–H groups in total. The SMILES string of the molecule is C=C/C=C(\C=C/N)N1Cc2nn(-c3ccc(N4CCCC4)nc3)cc2C1=O. The Hall–Kier alpha value is -3.35. The van der Waals surface area contributed by atoms with E-state index in [0.717, 1.165) is 30.3 Å². The Morgan fingerprint density at radius 1 is 1.26 bits per heavy atom. The predicted molar refractivity (Wildman–Crippen MR) is 104 cm³/mol. The maximum absolute atomic E-state index is 12.8. The smallest absolute Gasteiger partial charge is 0.262 e. The molecule has 27 heavy (non-hydrogen) atoms. The van der Waals surface area contributed by atoms with Gasteiger partial charge in [0.15, 0.2) is 0 Å². The zero-order chi connectivity index (χ0) is 18.8. The summed E-state index contributed by atoms with van der Waals surface area (Å²) in [7, 11) is 0. The highest BCUT2D eigenvalue weighted by Gasteiger charge is 2.32. The molecule has 7 nitrogen and oxygen atoms in total. The largest absolute Gasteiger partial charge is 0.405 e. The minimum absolute atomic E-state index is 0.0934. The predicted octanol–water partition coefficient (Wildman–Crippen LogP) is 2.37. The lowest BCUT2D eigenvalue weighted by Gasteiger charge is -2.17. The summed E-state index contributed by atoms with van der Waals surface area (Å²) >= 11 is 0. The normalized spacial score (nSPS) is 17.2. The summed E-state index contributed by atoms with van der Waals surface area (Å²) in [5.41, 5.74) is 8.36. The molecule has 1 saturated heterocycles. The van der Waals surface area contributed by atoms with Crippen LogP contribution in [0.4, 0.5) is 5.82 Å². The van der Waals surface area contributed by atoms with Crippen LogP contribution in [-0.2, 0) is 6.54 Å². The van der Waals surface area contributed by atoms with Crippen molar-refractivity contribution in [1.29, 1.82) is 0 Å². The third-order valence-electron chi connectivity index (χ3n) is 4.87. The molecule has 0 unspecified atom stereocenters. The first-order valence-electron chi connectivity index (χ1n) is 9.04. The van der Waals surface area contributed by atoms with E-state index in [1.54, 1.807) is 40.2 Å². The first-order valence-corrected chi connectivity index (χ1v) is 9.04. The van der Waals surface area contributed by atoms with E-state index in [-0.39, 0.29) is 5.91 Å². The Morgan fingerprint density at radius 3 is 2.70 bits per heavy atom. The van der Waals surface area contributed by atoms with E-state index in [9.17, 15) is 4.79 Å². The number of carbonyl (C=O) groups excluding carboxylic acids is 1. The monoisotopic (exact) mass is 362 g/mol. The van der Waals surface area contributed by atoms with Gasteiger partial charge in [-0.3, -0.25) is 4.79 Å². The van der Waals surface area contributed by atoms with Crippen molar-refractivity contribution in [3.05, 3.63) is 72.5 Å². The van der Waals surface area contributed by atoms with Crippen LogP contribution >= 0.6 is 0 Å². The summed E-state index contributed by atoms with van der Waals surface area (Å²) < 4.78 is 1.72. The third kappa shape index (κ3) is 3.12. The fourth-order valence-corrected chi connectivity index (χ4v) is 3.51. The molecule has 1 fully saturated rings. The molecular formula is C20H22N6O. The zero-order valence-electron chi connectivity index (χ0n) is 15.1. The van der Waals surface area contributed by atoms with Gasteiger partial charge >= 0.3 is 0 Å². The molecule has 2 aliphatic heterocycles. The minimum Gasteiger partial charge on any atom is -0.405 e. The maximum atomic E-state index is 12.8. The molecule has 2 aliphatic rings. The highest BCUT2D eigenvalue weighted by Crippen LogP contribution is 2.27. The van der Waals surface area contributed by atoms with Crippen LogP contribution in [0.25, 0.3) is 5.69 Å². The molecule has 1 amide bonds. The molecular weight excluding hydrogens is 340 g/mol. The number of hydrogen-bond donors (Lipinski definition) is 1. The lowest BCUT2D eigenvalue weighted by molar-refractivity contribution is 0.0829. The fraction of sp³-hybridized carbons (Fsp3) is 0.250. The van der Waals surface area contributed by atoms with E-state index in [0.29, 0.717) is 17.8 Å². The highest BCUT2D eigenvalue weighted by molar-refractivity contribution is 5.99. The number of rotatable bonds is 5. The maximum Gasteiger partial charge on any atom is 0.262 e. The molecule has 0 saturated carbocycles. The van der Waals surface area contributed by atoms with E-state index < -0.39 is 0 Å². The number of hydrogen-bond acceptors (Lipinski definition) is 5. The van der Waals surface area contributed by atoms with Crippen molar-refractivity contribution in [3.8, 4) is 5.69 Å². The Kier molecular flexibility index (Phi) is 4.50. The van der Waals surface area contributed by atoms with Gasteiger partial charge in [0.1, 0.15) is 5.82 Å². The quantitative estimate of drug-likeness (QED) is 0.826. The van der Waals surface area contributed by atoms with Crippen LogP contribution in [0.5, 0.6) is 0 Å². The molecule has 2 aromatic rings. The molecule has 0 radical (unpaired) electrons. The molecule has 0 atom stereocenters. The average Bonchev–Trinajstić information content (AvgIpc) is 3.40. The number of amides is 1. The van der Waals surface area contributed by atoms with Crippen LogP contribution in [0.1, 0.15) is 28.9 Å². The van der Waals surface area contributed by atoms with Crippen LogP contribution in [0.3, 0.4) is 0 Å². The number of fused-ring (bicyclic) bond motifs is 1. The molecule has 0 aromatic carbocycles. The Bertz CT molecular complexity index is 918. The standard InChI is InChI=1S/C20H22N6O/c1-2-5-15(8-9-21)25-14-18-17(20(25)27)13-26(23-18)16-6-7-19(22-12-16)24-10-3-4-11-24/h2,5-9,12-13H,1,3-4,10-11,14,21H2/b9-8-,15-5+. The van der Waals surface area contributed by atoms with E-state index >= 15 is 0 Å². The second-order valence-electron chi connectivity index (χ2n) is 6.58. The molecule has 2 aromatic heterocycles. The number of allylic oxidation sites excluding steroid dienone is 3. The summed E-state index contributed by atoms with van der Waals surface area (Å²) in [6.45, 7) is 6.21. The van der Waals surface area contributed by atoms with Crippen molar-refractivity contribution >= 4 is 11.7 Å². The lowest BCUT2D eigenvalue weighted by Crippen LogP contribution is -2.23. The van der Waals surface area contributed by atoms with Crippen molar-refractivity contribution in [1.82, 2.24) is 19.7 Å². The zero-order valence-corrected chi connectivity index (χ0v) is 15.1. The topological polar surface area (TPSA) is 80.3 Å². The van der Waals surface area contributed by atoms with Gasteiger partial charge in [-0.25, -0.2) is 9.67 Å². The van der Waals surface area contributed by atoms with Gasteiger partial charge in [0.25, 0.3) is 5.91 Å². The summed E-state index contributed by atoms with van der Waals surface area (Å²) in [5.74, 6) is 0.898. The van der Waals surface area contributed by atoms with Crippen molar-refractivity contribution in [3.63, 3.8) is 0 Å². The van der Waals surface area contributed by atoms with Crippen molar-refractivity contribution < 1.29 is 4.79 Å². The first-order chi connectivity index (χ1) is 13.2. The fourth-order valence-electron chi connectivity index (χ4n) is 3.51. The van der Waals surface area contributed by atoms with E-state index in [4.69, 9.17) is 5.73 Å². The van der Waals surface area contributed by atoms with Gasteiger partial charge in [-0.1, -0.05) is 12.7 Å². The summed E-state index contributed by atoms with van der Waals surface area (Å²) in [6.07, 6.45) is 12.5. The molecule has 4 rings (SSSR count). The molecule has 138 valence electrons. The first kappa shape index (κ1) is 17.1. The van der Waals surface area contributed by atoms with Gasteiger partial charge in [0, 0.05) is 25.0 Å². The highest BCUT2D eigenvalue weighted by atomic mass is 16.2. The second-order valence-corrected chi connectivity index (χ2v) is 6.58. The molecule has 0 bridgehead atoms. The van der Waals surface area contributed by atoms with E-state index in [2.05, 4.69) is 21.6 Å². The summed E-state index contributed by atoms with van der Waals surface area (Å²) in [4.78, 5) is 21.2. The van der Waals surface area contributed by atoms with Gasteiger partial charge in [0.2, 0.25) is 0 Å². The van der Waals surface area contributed by atoms with Crippen molar-refractivity contribution in [2.45, 2.75) is 19.4 Å². The number of pyridine rings is 1. The second kappa shape index (κ2) is 7.11. The van der Waals surface area contributed by atoms with Crippen LogP contribution in [0.15, 0.2) is 61.2 Å². The molecule has 4 heterocycles. The number of nitrogens with two attached hydrogens (primary N) is 1. The Labute approximate surface area is 158 Å². The van der Waals surface area contributed by atoms with Gasteiger partial charge in [0.05, 0.1) is 29.7 Å². The Morgan fingerprint density at radius 2 is 2.07 bits per heavy atom. The van der Waals surface area contributed by atoms with Gasteiger partial charge in [-0.05, 0) is 43.3 Å². The summed E-state index contributed by atoms with van der Waals surface area (Å²) in [6, 6.07) is 4.00. The number of aromatic nitrogens is 3. The van der Waals surface area contributed by atoms with Gasteiger partial charge in [-0.2, -0.15) is 5.10 Å². The van der Waals surface area contributed by atoms with Crippen molar-refractivity contribution in [2.24, 2.45) is 5.73 Å². The van der Waals surface area contributed by atoms with Gasteiger partial charge < -0.3 is 15.5 Å². The number of nitrogens with zero attached hydrogens (tertiary/aromatic N) is 5. The molecule has 0 spiro atoms. The van der Waals surface area contributed by atoms with Gasteiger partial charge in [-0.15, -0.1) is 0 Å². The Balaban J connectivity index is 1.56. The van der Waals surface area contributed by atoms with Crippen LogP contribution in [-0.4, -0.2) is 38.7 Å². The van der Waals surface area contributed by atoms with Crippen LogP contribution < -0.4 is 10.6 Å². The van der Waals surface area contributed by atoms with Crippen molar-refractivity contribution in [2.75, 3.05) is 18.0 Å². The molecule has 7 heteroatoms. The third-order valence-corrected chi connectivity index (χ3v) is 4.87. The summed E-state index contributed by atoms with van der Waals surface area (Å²) in [5, 5.41) is 4.58. The number of anilines is 1. The molecule has 0 aliphatic carbocycles. The van der Waals surface area contributed by atoms with Crippen LogP contribution in [0, 0.1) is 0 Å². The van der Waals surface area contributed by atoms with Crippen LogP contribution in [0.2, 0.25) is 0 Å². The number of carbonyl (C=O) groups is 1. The average molecular weight is 362 g/mol.